The van der Waals surface area contributed by atoms with E-state index in [0.717, 1.165) is 5.56 Å². The van der Waals surface area contributed by atoms with Gasteiger partial charge in [0.15, 0.2) is 11.0 Å². The first-order valence-corrected chi connectivity index (χ1v) is 12.0. The van der Waals surface area contributed by atoms with Crippen LogP contribution in [0.5, 0.6) is 5.75 Å². The Kier molecular flexibility index (Phi) is 9.30. The monoisotopic (exact) mass is 515 g/mol. The molecule has 0 unspecified atom stereocenters. The Morgan fingerprint density at radius 2 is 2.00 bits per heavy atom. The number of rotatable bonds is 11. The Hall–Kier alpha value is -3.34. The Morgan fingerprint density at radius 3 is 2.66 bits per heavy atom. The van der Waals surface area contributed by atoms with E-state index in [0.29, 0.717) is 39.5 Å². The lowest BCUT2D eigenvalue weighted by atomic mass is 10.2. The average molecular weight is 516 g/mol. The van der Waals surface area contributed by atoms with Crippen molar-refractivity contribution in [3.63, 3.8) is 0 Å². The highest BCUT2D eigenvalue weighted by molar-refractivity contribution is 7.99. The molecule has 1 atom stereocenters. The highest BCUT2D eigenvalue weighted by Gasteiger charge is 2.23. The number of benzene rings is 2. The fraction of sp³-hybridized carbons (Fsp3) is 0.250. The Labute approximate surface area is 212 Å². The molecule has 11 heteroatoms. The molecule has 3 aromatic rings. The van der Waals surface area contributed by atoms with Crippen molar-refractivity contribution in [2.24, 2.45) is 0 Å². The number of amides is 2. The number of aliphatic hydroxyl groups excluding tert-OH is 1. The second kappa shape index (κ2) is 12.4. The number of hydrogen-bond acceptors (Lipinski definition) is 7. The van der Waals surface area contributed by atoms with Crippen LogP contribution >= 0.6 is 23.4 Å². The third-order valence-electron chi connectivity index (χ3n) is 5.08. The molecule has 184 valence electrons. The lowest BCUT2D eigenvalue weighted by Crippen LogP contribution is -2.33. The second-order valence-electron chi connectivity index (χ2n) is 7.43. The van der Waals surface area contributed by atoms with Gasteiger partial charge in [-0.3, -0.25) is 9.59 Å². The number of anilines is 1. The lowest BCUT2D eigenvalue weighted by Gasteiger charge is -2.17. The van der Waals surface area contributed by atoms with Crippen molar-refractivity contribution in [3.05, 3.63) is 77.1 Å². The van der Waals surface area contributed by atoms with E-state index in [4.69, 9.17) is 16.3 Å². The van der Waals surface area contributed by atoms with Crippen LogP contribution in [0.1, 0.15) is 27.8 Å². The largest absolute Gasteiger partial charge is 0.497 e. The fourth-order valence-electron chi connectivity index (χ4n) is 3.20. The number of allylic oxidation sites excluding steroid dienone is 1. The van der Waals surface area contributed by atoms with Crippen molar-refractivity contribution < 1.29 is 19.4 Å². The molecule has 0 aliphatic heterocycles. The van der Waals surface area contributed by atoms with Crippen molar-refractivity contribution in [3.8, 4) is 5.75 Å². The topological polar surface area (TPSA) is 118 Å². The molecule has 0 aliphatic carbocycles. The molecule has 0 bridgehead atoms. The van der Waals surface area contributed by atoms with Crippen LogP contribution in [0.2, 0.25) is 5.02 Å². The zero-order valence-corrected chi connectivity index (χ0v) is 20.9. The molecule has 0 fully saturated rings. The molecule has 35 heavy (non-hydrogen) atoms. The minimum Gasteiger partial charge on any atom is -0.497 e. The van der Waals surface area contributed by atoms with E-state index in [1.165, 1.54) is 11.8 Å². The van der Waals surface area contributed by atoms with Crippen LogP contribution in [0.25, 0.3) is 0 Å². The van der Waals surface area contributed by atoms with Crippen LogP contribution in [0.15, 0.2) is 60.3 Å². The maximum atomic E-state index is 12.7. The summed E-state index contributed by atoms with van der Waals surface area (Å²) in [5.41, 5.74) is 1.82. The molecule has 1 aromatic heterocycles. The molecule has 0 radical (unpaired) electrons. The Balaban J connectivity index is 1.71. The molecular formula is C24H26ClN5O4S. The van der Waals surface area contributed by atoms with Crippen LogP contribution in [-0.4, -0.2) is 51.2 Å². The van der Waals surface area contributed by atoms with Crippen molar-refractivity contribution >= 4 is 40.9 Å². The summed E-state index contributed by atoms with van der Waals surface area (Å²) in [4.78, 5) is 25.2. The summed E-state index contributed by atoms with van der Waals surface area (Å²) in [5.74, 6) is 0.431. The first-order valence-electron chi connectivity index (χ1n) is 10.7. The van der Waals surface area contributed by atoms with Crippen molar-refractivity contribution in [1.29, 1.82) is 0 Å². The van der Waals surface area contributed by atoms with E-state index in [9.17, 15) is 14.7 Å². The number of nitrogens with zero attached hydrogens (tertiary/aromatic N) is 3. The van der Waals surface area contributed by atoms with E-state index in [1.807, 2.05) is 6.92 Å². The maximum Gasteiger partial charge on any atom is 0.251 e. The van der Waals surface area contributed by atoms with Gasteiger partial charge in [0.2, 0.25) is 5.91 Å². The zero-order chi connectivity index (χ0) is 25.4. The van der Waals surface area contributed by atoms with Gasteiger partial charge < -0.3 is 25.0 Å². The molecule has 0 spiro atoms. The zero-order valence-electron chi connectivity index (χ0n) is 19.3. The number of aliphatic hydroxyl groups is 1. The van der Waals surface area contributed by atoms with Gasteiger partial charge in [0.25, 0.3) is 5.91 Å². The summed E-state index contributed by atoms with van der Waals surface area (Å²) in [7, 11) is 1.54. The number of halogens is 1. The van der Waals surface area contributed by atoms with Crippen LogP contribution in [0.3, 0.4) is 0 Å². The first-order chi connectivity index (χ1) is 16.9. The maximum absolute atomic E-state index is 12.7. The highest BCUT2D eigenvalue weighted by atomic mass is 35.5. The van der Waals surface area contributed by atoms with Gasteiger partial charge in [-0.25, -0.2) is 0 Å². The molecule has 3 N–H and O–H groups in total. The van der Waals surface area contributed by atoms with Gasteiger partial charge in [-0.1, -0.05) is 35.5 Å². The number of thioether (sulfide) groups is 1. The SMILES string of the molecule is C=CCn1c(SCC(=O)Nc2cccc(Cl)c2C)nnc1[C@@H](CO)NC(=O)c1ccc(OC)cc1. The minimum atomic E-state index is -0.811. The van der Waals surface area contributed by atoms with Gasteiger partial charge in [0, 0.05) is 22.8 Å². The summed E-state index contributed by atoms with van der Waals surface area (Å²) in [6.07, 6.45) is 1.64. The third kappa shape index (κ3) is 6.62. The van der Waals surface area contributed by atoms with Crippen LogP contribution in [0, 0.1) is 6.92 Å². The first kappa shape index (κ1) is 26.3. The number of hydrogen-bond donors (Lipinski definition) is 3. The summed E-state index contributed by atoms with van der Waals surface area (Å²) < 4.78 is 6.81. The molecule has 0 saturated carbocycles. The average Bonchev–Trinajstić information content (AvgIpc) is 3.26. The molecule has 9 nitrogen and oxygen atoms in total. The van der Waals surface area contributed by atoms with Crippen LogP contribution in [-0.2, 0) is 11.3 Å². The van der Waals surface area contributed by atoms with Crippen LogP contribution in [0.4, 0.5) is 5.69 Å². The smallest absolute Gasteiger partial charge is 0.251 e. The Morgan fingerprint density at radius 1 is 1.26 bits per heavy atom. The predicted octanol–water partition coefficient (Wildman–Crippen LogP) is 3.63. The van der Waals surface area contributed by atoms with Crippen molar-refractivity contribution in [2.45, 2.75) is 24.7 Å². The number of nitrogens with one attached hydrogen (secondary N) is 2. The van der Waals surface area contributed by atoms with E-state index < -0.39 is 12.6 Å². The van der Waals surface area contributed by atoms with E-state index in [2.05, 4.69) is 27.4 Å². The summed E-state index contributed by atoms with van der Waals surface area (Å²) >= 11 is 7.30. The number of methoxy groups -OCH3 is 1. The third-order valence-corrected chi connectivity index (χ3v) is 6.46. The van der Waals surface area contributed by atoms with E-state index in [1.54, 1.807) is 60.2 Å². The van der Waals surface area contributed by atoms with Crippen molar-refractivity contribution in [1.82, 2.24) is 20.1 Å². The standard InChI is InChI=1S/C24H26ClN5O4S/c1-4-12-30-22(20(13-31)27-23(33)16-8-10-17(34-3)11-9-16)28-29-24(30)35-14-21(32)26-19-7-5-6-18(25)15(19)2/h4-11,20,31H,1,12-14H2,2-3H3,(H,26,32)(H,27,33)/t20-/m1/s1. The lowest BCUT2D eigenvalue weighted by molar-refractivity contribution is -0.113. The minimum absolute atomic E-state index is 0.0726. The van der Waals surface area contributed by atoms with Gasteiger partial charge in [-0.2, -0.15) is 0 Å². The molecule has 0 aliphatic rings. The molecule has 0 saturated heterocycles. The van der Waals surface area contributed by atoms with E-state index >= 15 is 0 Å². The fourth-order valence-corrected chi connectivity index (χ4v) is 4.13. The second-order valence-corrected chi connectivity index (χ2v) is 8.78. The van der Waals surface area contributed by atoms with Crippen molar-refractivity contribution in [2.75, 3.05) is 24.8 Å². The molecule has 3 rings (SSSR count). The van der Waals surface area contributed by atoms with Gasteiger partial charge in [-0.05, 0) is 48.9 Å². The van der Waals surface area contributed by atoms with Gasteiger partial charge in [0.05, 0.1) is 19.5 Å². The highest BCUT2D eigenvalue weighted by Crippen LogP contribution is 2.25. The molecule has 2 aromatic carbocycles. The number of aromatic nitrogens is 3. The number of ether oxygens (including phenoxy) is 1. The van der Waals surface area contributed by atoms with Gasteiger partial charge in [-0.15, -0.1) is 16.8 Å². The molecule has 1 heterocycles. The molecule has 2 amide bonds. The predicted molar refractivity (Wildman–Crippen MR) is 136 cm³/mol. The summed E-state index contributed by atoms with van der Waals surface area (Å²) in [6, 6.07) is 11.1. The van der Waals surface area contributed by atoms with E-state index in [-0.39, 0.29) is 17.6 Å². The quantitative estimate of drug-likeness (QED) is 0.263. The normalized spacial score (nSPS) is 11.5. The summed E-state index contributed by atoms with van der Waals surface area (Å²) in [5, 5.41) is 24.9. The summed E-state index contributed by atoms with van der Waals surface area (Å²) in [6.45, 7) is 5.52. The number of carbonyl (C=O) groups is 2. The number of carbonyl (C=O) groups excluding carboxylic acids is 2. The Bertz CT molecular complexity index is 1200. The van der Waals surface area contributed by atoms with Crippen LogP contribution < -0.4 is 15.4 Å². The van der Waals surface area contributed by atoms with Gasteiger partial charge >= 0.3 is 0 Å². The van der Waals surface area contributed by atoms with Gasteiger partial charge in [0.1, 0.15) is 11.8 Å². The molecular weight excluding hydrogens is 490 g/mol.